The smallest absolute Gasteiger partial charge is 0.319 e. The second-order valence-corrected chi connectivity index (χ2v) is 8.39. The van der Waals surface area contributed by atoms with E-state index >= 15 is 0 Å². The number of nitrogens with zero attached hydrogens (tertiary/aromatic N) is 4. The Bertz CT molecular complexity index is 722. The molecule has 4 rings (SSSR count). The summed E-state index contributed by atoms with van der Waals surface area (Å²) in [5.74, 6) is 0.345. The van der Waals surface area contributed by atoms with Crippen LogP contribution < -0.4 is 10.6 Å². The minimum absolute atomic E-state index is 0.0282. The van der Waals surface area contributed by atoms with Crippen LogP contribution in [0.2, 0.25) is 0 Å². The number of fused-ring (bicyclic) bond motifs is 1. The molecule has 0 unspecified atom stereocenters. The maximum atomic E-state index is 12.5. The van der Waals surface area contributed by atoms with Crippen LogP contribution in [0.3, 0.4) is 0 Å². The lowest BCUT2D eigenvalue weighted by atomic mass is 9.92. The number of piperidine rings is 1. The average Bonchev–Trinajstić information content (AvgIpc) is 3.27. The Labute approximate surface area is 160 Å². The summed E-state index contributed by atoms with van der Waals surface area (Å²) in [6, 6.07) is 2.05. The first-order chi connectivity index (χ1) is 13.0. The first-order valence-corrected chi connectivity index (χ1v) is 9.99. The zero-order valence-corrected chi connectivity index (χ0v) is 16.3. The van der Waals surface area contributed by atoms with E-state index in [0.29, 0.717) is 13.1 Å². The molecule has 2 N–H and O–H groups in total. The molecule has 2 aliphatic heterocycles. The molecule has 1 saturated heterocycles. The summed E-state index contributed by atoms with van der Waals surface area (Å²) in [6.45, 7) is 4.63. The second-order valence-electron chi connectivity index (χ2n) is 8.39. The predicted molar refractivity (Wildman–Crippen MR) is 101 cm³/mol. The molecule has 3 heterocycles. The number of aromatic nitrogens is 2. The van der Waals surface area contributed by atoms with E-state index < -0.39 is 0 Å². The predicted octanol–water partition coefficient (Wildman–Crippen LogP) is 0.776. The van der Waals surface area contributed by atoms with Gasteiger partial charge in [0.05, 0.1) is 24.5 Å². The molecular formula is C19H30N6O2. The minimum atomic E-state index is 0.0282. The van der Waals surface area contributed by atoms with Crippen LogP contribution in [0.15, 0.2) is 6.07 Å². The highest BCUT2D eigenvalue weighted by Crippen LogP contribution is 2.58. The van der Waals surface area contributed by atoms with Crippen LogP contribution in [0.4, 0.5) is 4.79 Å². The summed E-state index contributed by atoms with van der Waals surface area (Å²) in [6.07, 6.45) is 4.14. The lowest BCUT2D eigenvalue weighted by molar-refractivity contribution is -0.123. The number of carbonyl (C=O) groups is 2. The van der Waals surface area contributed by atoms with Gasteiger partial charge in [-0.3, -0.25) is 9.48 Å². The molecule has 1 aliphatic carbocycles. The van der Waals surface area contributed by atoms with Crippen molar-refractivity contribution in [3.63, 3.8) is 0 Å². The van der Waals surface area contributed by atoms with Crippen molar-refractivity contribution in [2.45, 2.75) is 45.3 Å². The highest BCUT2D eigenvalue weighted by Gasteiger charge is 2.57. The largest absolute Gasteiger partial charge is 0.350 e. The quantitative estimate of drug-likeness (QED) is 0.819. The first kappa shape index (κ1) is 18.3. The Kier molecular flexibility index (Phi) is 4.84. The van der Waals surface area contributed by atoms with Crippen LogP contribution >= 0.6 is 0 Å². The molecule has 8 heteroatoms. The lowest BCUT2D eigenvalue weighted by Gasteiger charge is -2.24. The topological polar surface area (TPSA) is 82.5 Å². The molecule has 148 valence electrons. The highest BCUT2D eigenvalue weighted by atomic mass is 16.2. The van der Waals surface area contributed by atoms with Gasteiger partial charge >= 0.3 is 6.03 Å². The van der Waals surface area contributed by atoms with Crippen molar-refractivity contribution in [3.05, 3.63) is 17.5 Å². The van der Waals surface area contributed by atoms with E-state index in [-0.39, 0.29) is 23.3 Å². The second kappa shape index (κ2) is 7.14. The van der Waals surface area contributed by atoms with Gasteiger partial charge < -0.3 is 20.4 Å². The van der Waals surface area contributed by atoms with Crippen LogP contribution in [0.1, 0.15) is 37.1 Å². The molecule has 2 fully saturated rings. The summed E-state index contributed by atoms with van der Waals surface area (Å²) in [5, 5.41) is 11.1. The number of urea groups is 1. The van der Waals surface area contributed by atoms with E-state index in [4.69, 9.17) is 0 Å². The van der Waals surface area contributed by atoms with Gasteiger partial charge in [-0.05, 0) is 50.3 Å². The van der Waals surface area contributed by atoms with Crippen LogP contribution in [0.25, 0.3) is 0 Å². The molecule has 0 bridgehead atoms. The Hall–Kier alpha value is -2.09. The maximum absolute atomic E-state index is 12.5. The Morgan fingerprint density at radius 2 is 2.11 bits per heavy atom. The average molecular weight is 374 g/mol. The fourth-order valence-electron chi connectivity index (χ4n) is 4.55. The minimum Gasteiger partial charge on any atom is -0.350 e. The van der Waals surface area contributed by atoms with E-state index in [1.54, 1.807) is 19.0 Å². The number of hydrogen-bond donors (Lipinski definition) is 2. The van der Waals surface area contributed by atoms with Crippen LogP contribution in [0, 0.1) is 11.3 Å². The van der Waals surface area contributed by atoms with Crippen molar-refractivity contribution in [2.24, 2.45) is 11.3 Å². The fraction of sp³-hybridized carbons (Fsp3) is 0.737. The normalized spacial score (nSPS) is 23.5. The van der Waals surface area contributed by atoms with Crippen molar-refractivity contribution in [2.75, 3.05) is 33.7 Å². The van der Waals surface area contributed by atoms with Crippen molar-refractivity contribution in [3.8, 4) is 0 Å². The monoisotopic (exact) mass is 374 g/mol. The number of carbonyl (C=O) groups excluding carboxylic acids is 2. The van der Waals surface area contributed by atoms with Crippen molar-refractivity contribution in [1.29, 1.82) is 0 Å². The summed E-state index contributed by atoms with van der Waals surface area (Å²) < 4.78 is 1.98. The summed E-state index contributed by atoms with van der Waals surface area (Å²) in [7, 11) is 3.55. The highest BCUT2D eigenvalue weighted by molar-refractivity contribution is 5.82. The van der Waals surface area contributed by atoms with E-state index in [2.05, 4.69) is 15.7 Å². The molecule has 1 saturated carbocycles. The van der Waals surface area contributed by atoms with Gasteiger partial charge in [-0.25, -0.2) is 4.79 Å². The van der Waals surface area contributed by atoms with E-state index in [9.17, 15) is 9.59 Å². The van der Waals surface area contributed by atoms with Gasteiger partial charge in [0.15, 0.2) is 0 Å². The standard InChI is InChI=1S/C19H30N6O2/c1-23(2)18(27)24-8-3-9-25-15(13-24)10-14(22-25)12-21-17(26)16-11-19(16)4-6-20-7-5-19/h10,16,20H,3-9,11-13H2,1-2H3,(H,21,26)/t16-/m1/s1. The summed E-state index contributed by atoms with van der Waals surface area (Å²) >= 11 is 0. The number of rotatable bonds is 3. The van der Waals surface area contributed by atoms with Gasteiger partial charge in [-0.2, -0.15) is 5.10 Å². The van der Waals surface area contributed by atoms with Gasteiger partial charge in [0.25, 0.3) is 0 Å². The van der Waals surface area contributed by atoms with Gasteiger partial charge in [-0.1, -0.05) is 0 Å². The molecular weight excluding hydrogens is 344 g/mol. The maximum Gasteiger partial charge on any atom is 0.319 e. The third kappa shape index (κ3) is 3.67. The lowest BCUT2D eigenvalue weighted by Crippen LogP contribution is -2.38. The first-order valence-electron chi connectivity index (χ1n) is 9.99. The van der Waals surface area contributed by atoms with Crippen LogP contribution in [-0.2, 0) is 24.4 Å². The summed E-state index contributed by atoms with van der Waals surface area (Å²) in [4.78, 5) is 28.3. The van der Waals surface area contributed by atoms with E-state index in [1.807, 2.05) is 15.6 Å². The number of hydrogen-bond acceptors (Lipinski definition) is 4. The molecule has 1 spiro atoms. The zero-order chi connectivity index (χ0) is 19.0. The van der Waals surface area contributed by atoms with E-state index in [0.717, 1.165) is 63.3 Å². The van der Waals surface area contributed by atoms with Crippen LogP contribution in [0.5, 0.6) is 0 Å². The van der Waals surface area contributed by atoms with Gasteiger partial charge in [0.2, 0.25) is 5.91 Å². The Morgan fingerprint density at radius 1 is 1.33 bits per heavy atom. The van der Waals surface area contributed by atoms with E-state index in [1.165, 1.54) is 0 Å². The molecule has 27 heavy (non-hydrogen) atoms. The summed E-state index contributed by atoms with van der Waals surface area (Å²) in [5.41, 5.74) is 2.17. The molecule has 8 nitrogen and oxygen atoms in total. The Morgan fingerprint density at radius 3 is 2.85 bits per heavy atom. The third-order valence-corrected chi connectivity index (χ3v) is 6.27. The van der Waals surface area contributed by atoms with Crippen molar-refractivity contribution in [1.82, 2.24) is 30.2 Å². The van der Waals surface area contributed by atoms with Gasteiger partial charge in [-0.15, -0.1) is 0 Å². The van der Waals surface area contributed by atoms with Crippen molar-refractivity contribution >= 4 is 11.9 Å². The molecule has 0 aromatic carbocycles. The van der Waals surface area contributed by atoms with Gasteiger partial charge in [0.1, 0.15) is 0 Å². The fourth-order valence-corrected chi connectivity index (χ4v) is 4.55. The Balaban J connectivity index is 1.34. The zero-order valence-electron chi connectivity index (χ0n) is 16.3. The molecule has 3 aliphatic rings. The molecule has 1 aromatic rings. The van der Waals surface area contributed by atoms with Crippen molar-refractivity contribution < 1.29 is 9.59 Å². The third-order valence-electron chi connectivity index (χ3n) is 6.27. The number of aryl methyl sites for hydroxylation is 1. The molecule has 1 atom stereocenters. The number of amides is 3. The molecule has 0 radical (unpaired) electrons. The molecule has 3 amide bonds. The van der Waals surface area contributed by atoms with Gasteiger partial charge in [0, 0.05) is 33.1 Å². The SMILES string of the molecule is CN(C)C(=O)N1CCCn2nc(CNC(=O)[C@H]3CC34CCNCC4)cc2C1. The molecule has 1 aromatic heterocycles. The number of nitrogens with one attached hydrogen (secondary N) is 2. The van der Waals surface area contributed by atoms with Crippen LogP contribution in [-0.4, -0.2) is 65.2 Å².